The minimum absolute atomic E-state index is 0. The van der Waals surface area contributed by atoms with E-state index in [1.807, 2.05) is 43.9 Å². The number of carbonyl (C=O) groups is 2. The van der Waals surface area contributed by atoms with Crippen molar-refractivity contribution in [3.8, 4) is 0 Å². The van der Waals surface area contributed by atoms with E-state index in [9.17, 15) is 9.59 Å². The summed E-state index contributed by atoms with van der Waals surface area (Å²) < 4.78 is 0. The molecule has 1 aromatic rings. The average molecular weight is 369 g/mol. The van der Waals surface area contributed by atoms with Crippen molar-refractivity contribution in [2.75, 3.05) is 13.1 Å². The van der Waals surface area contributed by atoms with E-state index >= 15 is 0 Å². The molecular formula is C18H29ClN4O2. The molecule has 1 fully saturated rings. The SMILES string of the molecule is CC(C(=O)NC(=O)NC(C)(C)C)N1C[C@@H](N)[C@H](c2ccccc2)C1.Cl. The van der Waals surface area contributed by atoms with Gasteiger partial charge in [0, 0.05) is 30.6 Å². The Morgan fingerprint density at radius 3 is 2.36 bits per heavy atom. The van der Waals surface area contributed by atoms with Gasteiger partial charge in [-0.15, -0.1) is 12.4 Å². The van der Waals surface area contributed by atoms with Gasteiger partial charge in [-0.05, 0) is 33.3 Å². The Bertz CT molecular complexity index is 588. The Morgan fingerprint density at radius 2 is 1.80 bits per heavy atom. The lowest BCUT2D eigenvalue weighted by atomic mass is 9.95. The van der Waals surface area contributed by atoms with Gasteiger partial charge in [0.2, 0.25) is 5.91 Å². The molecule has 0 spiro atoms. The van der Waals surface area contributed by atoms with Gasteiger partial charge >= 0.3 is 6.03 Å². The highest BCUT2D eigenvalue weighted by Gasteiger charge is 2.36. The van der Waals surface area contributed by atoms with Crippen LogP contribution in [0.1, 0.15) is 39.2 Å². The summed E-state index contributed by atoms with van der Waals surface area (Å²) in [5.74, 6) is -0.109. The summed E-state index contributed by atoms with van der Waals surface area (Å²) in [6.45, 7) is 8.74. The number of benzene rings is 1. The molecule has 140 valence electrons. The molecular weight excluding hydrogens is 340 g/mol. The molecule has 1 aromatic carbocycles. The summed E-state index contributed by atoms with van der Waals surface area (Å²) in [6, 6.07) is 9.20. The van der Waals surface area contributed by atoms with E-state index in [-0.39, 0.29) is 35.8 Å². The Labute approximate surface area is 155 Å². The third-order valence-corrected chi connectivity index (χ3v) is 4.27. The van der Waals surface area contributed by atoms with Gasteiger partial charge in [0.05, 0.1) is 6.04 Å². The van der Waals surface area contributed by atoms with E-state index in [0.717, 1.165) is 0 Å². The summed E-state index contributed by atoms with van der Waals surface area (Å²) in [6.07, 6.45) is 0. The standard InChI is InChI=1S/C18H28N4O2.ClH/c1-12(16(23)20-17(24)21-18(2,3)4)22-10-14(15(19)11-22)13-8-6-5-7-9-13;/h5-9,12,14-15H,10-11,19H2,1-4H3,(H2,20,21,23,24);1H/t12?,14-,15+;/m0./s1. The van der Waals surface area contributed by atoms with Crippen LogP contribution in [0.25, 0.3) is 0 Å². The van der Waals surface area contributed by atoms with Crippen LogP contribution < -0.4 is 16.4 Å². The first-order valence-electron chi connectivity index (χ1n) is 8.35. The Kier molecular flexibility index (Phi) is 7.41. The Balaban J connectivity index is 0.00000312. The van der Waals surface area contributed by atoms with Crippen molar-refractivity contribution < 1.29 is 9.59 Å². The molecule has 2 rings (SSSR count). The van der Waals surface area contributed by atoms with Crippen LogP contribution in [0.2, 0.25) is 0 Å². The van der Waals surface area contributed by atoms with Crippen molar-refractivity contribution in [1.29, 1.82) is 0 Å². The predicted octanol–water partition coefficient (Wildman–Crippen LogP) is 1.85. The molecule has 25 heavy (non-hydrogen) atoms. The minimum Gasteiger partial charge on any atom is -0.333 e. The van der Waals surface area contributed by atoms with Crippen LogP contribution >= 0.6 is 12.4 Å². The first kappa shape index (κ1) is 21.4. The number of urea groups is 1. The smallest absolute Gasteiger partial charge is 0.321 e. The van der Waals surface area contributed by atoms with Crippen LogP contribution in [0.4, 0.5) is 4.79 Å². The molecule has 1 saturated heterocycles. The third kappa shape index (κ3) is 5.99. The van der Waals surface area contributed by atoms with E-state index in [1.165, 1.54) is 5.56 Å². The van der Waals surface area contributed by atoms with Crippen molar-refractivity contribution in [2.45, 2.75) is 51.2 Å². The number of nitrogens with one attached hydrogen (secondary N) is 2. The maximum absolute atomic E-state index is 12.3. The zero-order valence-electron chi connectivity index (χ0n) is 15.3. The molecule has 1 aliphatic rings. The molecule has 7 heteroatoms. The van der Waals surface area contributed by atoms with Gasteiger partial charge in [-0.1, -0.05) is 30.3 Å². The number of hydrogen-bond donors (Lipinski definition) is 3. The van der Waals surface area contributed by atoms with E-state index in [4.69, 9.17) is 5.73 Å². The lowest BCUT2D eigenvalue weighted by Crippen LogP contribution is -2.53. The molecule has 0 aromatic heterocycles. The average Bonchev–Trinajstić information content (AvgIpc) is 2.87. The van der Waals surface area contributed by atoms with Crippen molar-refractivity contribution >= 4 is 24.3 Å². The number of rotatable bonds is 3. The summed E-state index contributed by atoms with van der Waals surface area (Å²) in [7, 11) is 0. The molecule has 0 aliphatic carbocycles. The fourth-order valence-corrected chi connectivity index (χ4v) is 2.98. The maximum atomic E-state index is 12.3. The second-order valence-electron chi connectivity index (χ2n) is 7.50. The van der Waals surface area contributed by atoms with Crippen LogP contribution in [0.5, 0.6) is 0 Å². The number of carbonyl (C=O) groups excluding carboxylic acids is 2. The zero-order chi connectivity index (χ0) is 17.9. The first-order chi connectivity index (χ1) is 11.2. The van der Waals surface area contributed by atoms with Gasteiger partial charge < -0.3 is 11.1 Å². The van der Waals surface area contributed by atoms with Gasteiger partial charge in [-0.2, -0.15) is 0 Å². The monoisotopic (exact) mass is 368 g/mol. The normalized spacial score (nSPS) is 22.0. The maximum Gasteiger partial charge on any atom is 0.321 e. The van der Waals surface area contributed by atoms with Crippen molar-refractivity contribution in [2.24, 2.45) is 5.73 Å². The molecule has 6 nitrogen and oxygen atoms in total. The van der Waals surface area contributed by atoms with Crippen molar-refractivity contribution in [3.63, 3.8) is 0 Å². The van der Waals surface area contributed by atoms with Crippen molar-refractivity contribution in [1.82, 2.24) is 15.5 Å². The van der Waals surface area contributed by atoms with Gasteiger partial charge in [0.25, 0.3) is 0 Å². The van der Waals surface area contributed by atoms with E-state index < -0.39 is 12.1 Å². The fraction of sp³-hybridized carbons (Fsp3) is 0.556. The van der Waals surface area contributed by atoms with Crippen molar-refractivity contribution in [3.05, 3.63) is 35.9 Å². The van der Waals surface area contributed by atoms with E-state index in [1.54, 1.807) is 6.92 Å². The second-order valence-corrected chi connectivity index (χ2v) is 7.50. The number of hydrogen-bond acceptors (Lipinski definition) is 4. The number of nitrogens with zero attached hydrogens (tertiary/aromatic N) is 1. The molecule has 3 atom stereocenters. The van der Waals surface area contributed by atoms with E-state index in [2.05, 4.69) is 22.8 Å². The molecule has 0 radical (unpaired) electrons. The Hall–Kier alpha value is -1.63. The number of nitrogens with two attached hydrogens (primary N) is 1. The highest BCUT2D eigenvalue weighted by molar-refractivity contribution is 5.97. The highest BCUT2D eigenvalue weighted by Crippen LogP contribution is 2.27. The fourth-order valence-electron chi connectivity index (χ4n) is 2.98. The van der Waals surface area contributed by atoms with E-state index in [0.29, 0.717) is 13.1 Å². The third-order valence-electron chi connectivity index (χ3n) is 4.27. The molecule has 3 amide bonds. The lowest BCUT2D eigenvalue weighted by Gasteiger charge is -2.25. The molecule has 0 saturated carbocycles. The summed E-state index contributed by atoms with van der Waals surface area (Å²) >= 11 is 0. The largest absolute Gasteiger partial charge is 0.333 e. The van der Waals surface area contributed by atoms with Crippen LogP contribution in [0.15, 0.2) is 30.3 Å². The topological polar surface area (TPSA) is 87.5 Å². The number of amides is 3. The zero-order valence-corrected chi connectivity index (χ0v) is 16.1. The first-order valence-corrected chi connectivity index (χ1v) is 8.35. The highest BCUT2D eigenvalue weighted by atomic mass is 35.5. The number of halogens is 1. The van der Waals surface area contributed by atoms with Gasteiger partial charge in [0.15, 0.2) is 0 Å². The van der Waals surface area contributed by atoms with Gasteiger partial charge in [-0.25, -0.2) is 4.79 Å². The summed E-state index contributed by atoms with van der Waals surface area (Å²) in [4.78, 5) is 26.2. The lowest BCUT2D eigenvalue weighted by molar-refractivity contribution is -0.124. The Morgan fingerprint density at radius 1 is 1.20 bits per heavy atom. The molecule has 1 heterocycles. The quantitative estimate of drug-likeness (QED) is 0.759. The minimum atomic E-state index is -0.470. The molecule has 1 unspecified atom stereocenters. The number of imide groups is 1. The van der Waals surface area contributed by atoms with Crippen LogP contribution in [-0.4, -0.2) is 47.6 Å². The number of likely N-dealkylation sites (tertiary alicyclic amines) is 1. The van der Waals surface area contributed by atoms with Crippen LogP contribution in [0, 0.1) is 0 Å². The van der Waals surface area contributed by atoms with Gasteiger partial charge in [-0.3, -0.25) is 15.0 Å². The van der Waals surface area contributed by atoms with Gasteiger partial charge in [0.1, 0.15) is 0 Å². The molecule has 4 N–H and O–H groups in total. The summed E-state index contributed by atoms with van der Waals surface area (Å²) in [5.41, 5.74) is 7.07. The van der Waals surface area contributed by atoms with Crippen LogP contribution in [-0.2, 0) is 4.79 Å². The molecule has 0 bridgehead atoms. The molecule has 1 aliphatic heterocycles. The second kappa shape index (κ2) is 8.65. The summed E-state index contributed by atoms with van der Waals surface area (Å²) in [5, 5.41) is 5.14. The predicted molar refractivity (Wildman–Crippen MR) is 102 cm³/mol. The van der Waals surface area contributed by atoms with Crippen LogP contribution in [0.3, 0.4) is 0 Å².